The van der Waals surface area contributed by atoms with Gasteiger partial charge in [0.25, 0.3) is 5.91 Å². The quantitative estimate of drug-likeness (QED) is 0.886. The molecule has 1 aromatic carbocycles. The van der Waals surface area contributed by atoms with Gasteiger partial charge < -0.3 is 10.1 Å². The Morgan fingerprint density at radius 1 is 1.29 bits per heavy atom. The van der Waals surface area contributed by atoms with E-state index in [1.165, 1.54) is 32.1 Å². The number of hydrogen-bond donors (Lipinski definition) is 1. The molecular weight excluding hydrogens is 302 g/mol. The monoisotopic (exact) mass is 327 g/mol. The van der Waals surface area contributed by atoms with E-state index in [1.54, 1.807) is 4.68 Å². The summed E-state index contributed by atoms with van der Waals surface area (Å²) >= 11 is 0. The minimum Gasteiger partial charge on any atom is -0.484 e. The van der Waals surface area contributed by atoms with Gasteiger partial charge in [-0.25, -0.2) is 0 Å². The first-order valence-corrected chi connectivity index (χ1v) is 8.69. The van der Waals surface area contributed by atoms with Crippen LogP contribution in [0.1, 0.15) is 32.1 Å². The van der Waals surface area contributed by atoms with Crippen molar-refractivity contribution in [2.45, 2.75) is 32.1 Å². The fraction of sp³-hybridized carbons (Fsp3) is 0.474. The number of nitrogens with one attached hydrogen (secondary N) is 1. The summed E-state index contributed by atoms with van der Waals surface area (Å²) < 4.78 is 7.40. The summed E-state index contributed by atoms with van der Waals surface area (Å²) in [7, 11) is 1.89. The number of aromatic nitrogens is 2. The molecule has 1 aliphatic rings. The van der Waals surface area contributed by atoms with Crippen LogP contribution in [0.3, 0.4) is 0 Å². The van der Waals surface area contributed by atoms with Gasteiger partial charge in [-0.3, -0.25) is 9.48 Å². The number of nitrogens with zero attached hydrogens (tertiary/aromatic N) is 2. The van der Waals surface area contributed by atoms with Gasteiger partial charge in [-0.1, -0.05) is 31.4 Å². The second-order valence-corrected chi connectivity index (χ2v) is 6.53. The smallest absolute Gasteiger partial charge is 0.257 e. The Morgan fingerprint density at radius 3 is 2.88 bits per heavy atom. The maximum Gasteiger partial charge on any atom is 0.257 e. The van der Waals surface area contributed by atoms with Crippen molar-refractivity contribution in [2.24, 2.45) is 13.0 Å². The van der Waals surface area contributed by atoms with E-state index in [2.05, 4.69) is 10.4 Å². The highest BCUT2D eigenvalue weighted by atomic mass is 16.5. The summed E-state index contributed by atoms with van der Waals surface area (Å²) in [5.41, 5.74) is 2.06. The first-order valence-electron chi connectivity index (χ1n) is 8.69. The summed E-state index contributed by atoms with van der Waals surface area (Å²) in [4.78, 5) is 12.0. The molecule has 1 saturated carbocycles. The van der Waals surface area contributed by atoms with Gasteiger partial charge in [0.2, 0.25) is 0 Å². The second kappa shape index (κ2) is 7.99. The lowest BCUT2D eigenvalue weighted by Gasteiger charge is -2.21. The molecule has 2 aromatic rings. The van der Waals surface area contributed by atoms with E-state index in [-0.39, 0.29) is 12.5 Å². The van der Waals surface area contributed by atoms with Crippen molar-refractivity contribution in [3.8, 4) is 16.9 Å². The van der Waals surface area contributed by atoms with Gasteiger partial charge in [-0.15, -0.1) is 0 Å². The zero-order valence-corrected chi connectivity index (χ0v) is 14.2. The van der Waals surface area contributed by atoms with Gasteiger partial charge >= 0.3 is 0 Å². The topological polar surface area (TPSA) is 56.1 Å². The first kappa shape index (κ1) is 16.6. The molecule has 0 saturated heterocycles. The number of amides is 1. The highest BCUT2D eigenvalue weighted by Gasteiger charge is 2.14. The van der Waals surface area contributed by atoms with Crippen LogP contribution in [0, 0.1) is 5.92 Å². The van der Waals surface area contributed by atoms with Gasteiger partial charge in [0, 0.05) is 25.4 Å². The standard InChI is InChI=1S/C19H25N3O2/c1-22-13-17(12-21-22)16-8-5-9-18(10-16)24-14-19(23)20-11-15-6-3-2-4-7-15/h5,8-10,12-13,15H,2-4,6-7,11,14H2,1H3,(H,20,23). The van der Waals surface area contributed by atoms with Gasteiger partial charge in [0.15, 0.2) is 6.61 Å². The average Bonchev–Trinajstić information content (AvgIpc) is 3.06. The molecule has 3 rings (SSSR count). The molecule has 0 radical (unpaired) electrons. The van der Waals surface area contributed by atoms with Crippen molar-refractivity contribution < 1.29 is 9.53 Å². The van der Waals surface area contributed by atoms with Crippen molar-refractivity contribution in [3.05, 3.63) is 36.7 Å². The number of ether oxygens (including phenoxy) is 1. The Bertz CT molecular complexity index is 675. The van der Waals surface area contributed by atoms with Crippen molar-refractivity contribution >= 4 is 5.91 Å². The summed E-state index contributed by atoms with van der Waals surface area (Å²) in [6, 6.07) is 7.74. The number of aryl methyl sites for hydroxylation is 1. The highest BCUT2D eigenvalue weighted by Crippen LogP contribution is 2.24. The molecular formula is C19H25N3O2. The van der Waals surface area contributed by atoms with Crippen LogP contribution in [-0.2, 0) is 11.8 Å². The molecule has 128 valence electrons. The van der Waals surface area contributed by atoms with Gasteiger partial charge in [0.05, 0.1) is 6.20 Å². The van der Waals surface area contributed by atoms with Crippen LogP contribution >= 0.6 is 0 Å². The molecule has 0 bridgehead atoms. The van der Waals surface area contributed by atoms with Crippen LogP contribution < -0.4 is 10.1 Å². The van der Waals surface area contributed by atoms with Crippen molar-refractivity contribution in [2.75, 3.05) is 13.2 Å². The van der Waals surface area contributed by atoms with Gasteiger partial charge in [-0.2, -0.15) is 5.10 Å². The van der Waals surface area contributed by atoms with Gasteiger partial charge in [0.1, 0.15) is 5.75 Å². The Balaban J connectivity index is 1.48. The Hall–Kier alpha value is -2.30. The molecule has 1 fully saturated rings. The normalized spacial score (nSPS) is 15.2. The van der Waals surface area contributed by atoms with Crippen LogP contribution in [-0.4, -0.2) is 28.8 Å². The predicted octanol–water partition coefficient (Wildman–Crippen LogP) is 3.16. The van der Waals surface area contributed by atoms with Crippen LogP contribution in [0.2, 0.25) is 0 Å². The van der Waals surface area contributed by atoms with E-state index >= 15 is 0 Å². The van der Waals surface area contributed by atoms with Crippen LogP contribution in [0.15, 0.2) is 36.7 Å². The van der Waals surface area contributed by atoms with E-state index < -0.39 is 0 Å². The van der Waals surface area contributed by atoms with Gasteiger partial charge in [-0.05, 0) is 36.5 Å². The Kier molecular flexibility index (Phi) is 5.51. The van der Waals surface area contributed by atoms with Crippen molar-refractivity contribution in [1.82, 2.24) is 15.1 Å². The summed E-state index contributed by atoms with van der Waals surface area (Å²) in [6.45, 7) is 0.834. The van der Waals surface area contributed by atoms with Crippen LogP contribution in [0.5, 0.6) is 5.75 Å². The molecule has 1 aromatic heterocycles. The summed E-state index contributed by atoms with van der Waals surface area (Å²) in [6.07, 6.45) is 10.1. The highest BCUT2D eigenvalue weighted by molar-refractivity contribution is 5.77. The second-order valence-electron chi connectivity index (χ2n) is 6.53. The third-order valence-corrected chi connectivity index (χ3v) is 4.55. The number of carbonyl (C=O) groups excluding carboxylic acids is 1. The zero-order valence-electron chi connectivity index (χ0n) is 14.2. The fourth-order valence-corrected chi connectivity index (χ4v) is 3.19. The molecule has 0 aliphatic heterocycles. The predicted molar refractivity (Wildman–Crippen MR) is 93.7 cm³/mol. The lowest BCUT2D eigenvalue weighted by Crippen LogP contribution is -2.33. The largest absolute Gasteiger partial charge is 0.484 e. The minimum atomic E-state index is -0.0487. The fourth-order valence-electron chi connectivity index (χ4n) is 3.19. The minimum absolute atomic E-state index is 0.0487. The molecule has 5 nitrogen and oxygen atoms in total. The maximum absolute atomic E-state index is 12.0. The molecule has 1 N–H and O–H groups in total. The van der Waals surface area contributed by atoms with Crippen LogP contribution in [0.25, 0.3) is 11.1 Å². The molecule has 1 heterocycles. The summed E-state index contributed by atoms with van der Waals surface area (Å²) in [5.74, 6) is 1.29. The third-order valence-electron chi connectivity index (χ3n) is 4.55. The zero-order chi connectivity index (χ0) is 16.8. The molecule has 5 heteroatoms. The number of carbonyl (C=O) groups is 1. The first-order chi connectivity index (χ1) is 11.7. The number of hydrogen-bond acceptors (Lipinski definition) is 3. The van der Waals surface area contributed by atoms with Crippen molar-refractivity contribution in [3.63, 3.8) is 0 Å². The van der Waals surface area contributed by atoms with E-state index in [0.29, 0.717) is 11.7 Å². The number of rotatable bonds is 6. The maximum atomic E-state index is 12.0. The molecule has 0 spiro atoms. The van der Waals surface area contributed by atoms with Crippen LogP contribution in [0.4, 0.5) is 0 Å². The van der Waals surface area contributed by atoms with E-state index in [4.69, 9.17) is 4.74 Å². The SMILES string of the molecule is Cn1cc(-c2cccc(OCC(=O)NCC3CCCCC3)c2)cn1. The molecule has 24 heavy (non-hydrogen) atoms. The van der Waals surface area contributed by atoms with Crippen molar-refractivity contribution in [1.29, 1.82) is 0 Å². The molecule has 0 unspecified atom stereocenters. The molecule has 1 aliphatic carbocycles. The van der Waals surface area contributed by atoms with E-state index in [0.717, 1.165) is 17.7 Å². The lowest BCUT2D eigenvalue weighted by molar-refractivity contribution is -0.123. The van der Waals surface area contributed by atoms with E-state index in [9.17, 15) is 4.79 Å². The van der Waals surface area contributed by atoms with E-state index in [1.807, 2.05) is 43.7 Å². The lowest BCUT2D eigenvalue weighted by atomic mass is 9.89. The third kappa shape index (κ3) is 4.60. The Morgan fingerprint density at radius 2 is 2.12 bits per heavy atom. The number of benzene rings is 1. The summed E-state index contributed by atoms with van der Waals surface area (Å²) in [5, 5.41) is 7.17. The average molecular weight is 327 g/mol. The molecule has 0 atom stereocenters. The molecule has 1 amide bonds. The Labute approximate surface area is 143 Å².